The molecule has 16 heavy (non-hydrogen) atoms. The van der Waals surface area contributed by atoms with Crippen molar-refractivity contribution in [2.45, 2.75) is 33.1 Å². The lowest BCUT2D eigenvalue weighted by Crippen LogP contribution is -1.86. The summed E-state index contributed by atoms with van der Waals surface area (Å²) in [6, 6.07) is 8.33. The Bertz CT molecular complexity index is 462. The lowest BCUT2D eigenvalue weighted by atomic mass is 10.1. The van der Waals surface area contributed by atoms with E-state index in [2.05, 4.69) is 29.2 Å². The zero-order chi connectivity index (χ0) is 11.4. The molecule has 0 saturated heterocycles. The molecule has 0 unspecified atom stereocenters. The fourth-order valence-corrected chi connectivity index (χ4v) is 1.67. The van der Waals surface area contributed by atoms with Gasteiger partial charge in [-0.2, -0.15) is 4.98 Å². The topological polar surface area (TPSA) is 38.9 Å². The Morgan fingerprint density at radius 3 is 2.81 bits per heavy atom. The summed E-state index contributed by atoms with van der Waals surface area (Å²) < 4.78 is 5.11. The summed E-state index contributed by atoms with van der Waals surface area (Å²) in [4.78, 5) is 4.32. The van der Waals surface area contributed by atoms with Gasteiger partial charge in [-0.1, -0.05) is 43.6 Å². The largest absolute Gasteiger partial charge is 0.339 e. The second kappa shape index (κ2) is 4.92. The van der Waals surface area contributed by atoms with Crippen LogP contribution >= 0.6 is 0 Å². The summed E-state index contributed by atoms with van der Waals surface area (Å²) in [6.45, 7) is 4.18. The summed E-state index contributed by atoms with van der Waals surface area (Å²) >= 11 is 0. The molecular formula is C13H16N2O. The highest BCUT2D eigenvalue weighted by molar-refractivity contribution is 5.55. The van der Waals surface area contributed by atoms with E-state index in [1.165, 1.54) is 5.56 Å². The van der Waals surface area contributed by atoms with E-state index in [1.807, 2.05) is 19.1 Å². The van der Waals surface area contributed by atoms with E-state index in [4.69, 9.17) is 4.52 Å². The van der Waals surface area contributed by atoms with Gasteiger partial charge in [-0.15, -0.1) is 0 Å². The Morgan fingerprint density at radius 2 is 2.12 bits per heavy atom. The maximum atomic E-state index is 5.11. The first-order chi connectivity index (χ1) is 7.83. The summed E-state index contributed by atoms with van der Waals surface area (Å²) in [5.74, 6) is 1.38. The number of nitrogens with zero attached hydrogens (tertiary/aromatic N) is 2. The van der Waals surface area contributed by atoms with E-state index in [1.54, 1.807) is 0 Å². The van der Waals surface area contributed by atoms with Crippen LogP contribution in [-0.2, 0) is 12.8 Å². The second-order valence-electron chi connectivity index (χ2n) is 3.82. The summed E-state index contributed by atoms with van der Waals surface area (Å²) in [6.07, 6.45) is 3.02. The molecule has 3 nitrogen and oxygen atoms in total. The molecule has 0 aliphatic heterocycles. The van der Waals surface area contributed by atoms with Crippen molar-refractivity contribution in [2.24, 2.45) is 0 Å². The molecule has 3 heteroatoms. The van der Waals surface area contributed by atoms with Crippen molar-refractivity contribution >= 4 is 0 Å². The molecule has 1 aromatic carbocycles. The first-order valence-corrected chi connectivity index (χ1v) is 5.75. The third-order valence-electron chi connectivity index (χ3n) is 2.49. The molecule has 0 radical (unpaired) electrons. The number of hydrogen-bond donors (Lipinski definition) is 0. The molecule has 1 heterocycles. The van der Waals surface area contributed by atoms with Crippen LogP contribution in [0, 0.1) is 0 Å². The van der Waals surface area contributed by atoms with Crippen LogP contribution in [0.5, 0.6) is 0 Å². The average Bonchev–Trinajstić information content (AvgIpc) is 2.78. The van der Waals surface area contributed by atoms with Gasteiger partial charge in [0.1, 0.15) is 0 Å². The van der Waals surface area contributed by atoms with Gasteiger partial charge in [-0.05, 0) is 18.1 Å². The number of aromatic nitrogens is 2. The van der Waals surface area contributed by atoms with Crippen molar-refractivity contribution in [2.75, 3.05) is 0 Å². The van der Waals surface area contributed by atoms with Gasteiger partial charge in [0.2, 0.25) is 11.7 Å². The van der Waals surface area contributed by atoms with E-state index >= 15 is 0 Å². The minimum absolute atomic E-state index is 0.690. The highest BCUT2D eigenvalue weighted by Gasteiger charge is 2.07. The van der Waals surface area contributed by atoms with Crippen LogP contribution < -0.4 is 0 Å². The molecule has 0 N–H and O–H groups in total. The fraction of sp³-hybridized carbons (Fsp3) is 0.385. The lowest BCUT2D eigenvalue weighted by molar-refractivity contribution is 0.383. The summed E-state index contributed by atoms with van der Waals surface area (Å²) in [7, 11) is 0. The number of aryl methyl sites for hydroxylation is 2. The fourth-order valence-electron chi connectivity index (χ4n) is 1.67. The second-order valence-corrected chi connectivity index (χ2v) is 3.82. The maximum absolute atomic E-state index is 5.11. The van der Waals surface area contributed by atoms with Crippen molar-refractivity contribution < 1.29 is 4.52 Å². The minimum atomic E-state index is 0.690. The van der Waals surface area contributed by atoms with Crippen LogP contribution in [0.25, 0.3) is 11.4 Å². The zero-order valence-electron chi connectivity index (χ0n) is 9.73. The Morgan fingerprint density at radius 1 is 1.25 bits per heavy atom. The first-order valence-electron chi connectivity index (χ1n) is 5.75. The van der Waals surface area contributed by atoms with Gasteiger partial charge in [0.05, 0.1) is 0 Å². The van der Waals surface area contributed by atoms with Crippen molar-refractivity contribution in [1.29, 1.82) is 0 Å². The standard InChI is InChI=1S/C13H16N2O/c1-3-6-10-7-5-8-11(9-10)13-14-12(4-2)16-15-13/h5,7-9H,3-4,6H2,1-2H3. The third kappa shape index (κ3) is 2.30. The molecule has 2 rings (SSSR count). The predicted octanol–water partition coefficient (Wildman–Crippen LogP) is 3.25. The maximum Gasteiger partial charge on any atom is 0.226 e. The van der Waals surface area contributed by atoms with Crippen LogP contribution in [0.4, 0.5) is 0 Å². The monoisotopic (exact) mass is 216 g/mol. The van der Waals surface area contributed by atoms with Gasteiger partial charge < -0.3 is 4.52 Å². The SMILES string of the molecule is CCCc1cccc(-c2noc(CC)n2)c1. The molecule has 0 aliphatic carbocycles. The van der Waals surface area contributed by atoms with Gasteiger partial charge in [-0.3, -0.25) is 0 Å². The molecule has 0 aliphatic rings. The van der Waals surface area contributed by atoms with E-state index in [9.17, 15) is 0 Å². The minimum Gasteiger partial charge on any atom is -0.339 e. The van der Waals surface area contributed by atoms with Gasteiger partial charge >= 0.3 is 0 Å². The van der Waals surface area contributed by atoms with Crippen LogP contribution in [0.2, 0.25) is 0 Å². The molecule has 84 valence electrons. The van der Waals surface area contributed by atoms with E-state index in [-0.39, 0.29) is 0 Å². The molecular weight excluding hydrogens is 200 g/mol. The number of rotatable bonds is 4. The van der Waals surface area contributed by atoms with Crippen molar-refractivity contribution in [3.8, 4) is 11.4 Å². The molecule has 0 atom stereocenters. The Labute approximate surface area is 95.5 Å². The summed E-state index contributed by atoms with van der Waals surface area (Å²) in [5.41, 5.74) is 2.36. The van der Waals surface area contributed by atoms with E-state index in [0.717, 1.165) is 24.8 Å². The normalized spacial score (nSPS) is 10.6. The Kier molecular flexibility index (Phi) is 3.34. The molecule has 0 amide bonds. The van der Waals surface area contributed by atoms with Gasteiger partial charge in [0, 0.05) is 12.0 Å². The Balaban J connectivity index is 2.28. The van der Waals surface area contributed by atoms with Crippen LogP contribution in [-0.4, -0.2) is 10.1 Å². The molecule has 0 bridgehead atoms. The van der Waals surface area contributed by atoms with Gasteiger partial charge in [0.25, 0.3) is 0 Å². The molecule has 0 saturated carbocycles. The summed E-state index contributed by atoms with van der Waals surface area (Å²) in [5, 5.41) is 3.97. The van der Waals surface area contributed by atoms with Crippen LogP contribution in [0.3, 0.4) is 0 Å². The number of hydrogen-bond acceptors (Lipinski definition) is 3. The smallest absolute Gasteiger partial charge is 0.226 e. The molecule has 0 spiro atoms. The van der Waals surface area contributed by atoms with E-state index < -0.39 is 0 Å². The van der Waals surface area contributed by atoms with Crippen LogP contribution in [0.15, 0.2) is 28.8 Å². The van der Waals surface area contributed by atoms with Crippen molar-refractivity contribution in [1.82, 2.24) is 10.1 Å². The first kappa shape index (κ1) is 10.9. The van der Waals surface area contributed by atoms with Gasteiger partial charge in [-0.25, -0.2) is 0 Å². The number of benzene rings is 1. The molecule has 2 aromatic rings. The van der Waals surface area contributed by atoms with E-state index in [0.29, 0.717) is 11.7 Å². The average molecular weight is 216 g/mol. The molecule has 1 aromatic heterocycles. The Hall–Kier alpha value is -1.64. The van der Waals surface area contributed by atoms with Crippen LogP contribution in [0.1, 0.15) is 31.7 Å². The van der Waals surface area contributed by atoms with Crippen molar-refractivity contribution in [3.05, 3.63) is 35.7 Å². The quantitative estimate of drug-likeness (QED) is 0.787. The third-order valence-corrected chi connectivity index (χ3v) is 2.49. The molecule has 0 fully saturated rings. The van der Waals surface area contributed by atoms with Gasteiger partial charge in [0.15, 0.2) is 0 Å². The van der Waals surface area contributed by atoms with Crippen molar-refractivity contribution in [3.63, 3.8) is 0 Å². The zero-order valence-corrected chi connectivity index (χ0v) is 9.73. The highest BCUT2D eigenvalue weighted by atomic mass is 16.5. The highest BCUT2D eigenvalue weighted by Crippen LogP contribution is 2.18. The lowest BCUT2D eigenvalue weighted by Gasteiger charge is -1.99. The predicted molar refractivity (Wildman–Crippen MR) is 63.1 cm³/mol.